The second-order valence-electron chi connectivity index (χ2n) is 5.31. The van der Waals surface area contributed by atoms with Crippen molar-refractivity contribution in [2.24, 2.45) is 0 Å². The smallest absolute Gasteiger partial charge is 0.341 e. The Morgan fingerprint density at radius 3 is 2.35 bits per heavy atom. The van der Waals surface area contributed by atoms with Gasteiger partial charge in [-0.05, 0) is 24.1 Å². The molecular weight excluding hydrogens is 322 g/mol. The van der Waals surface area contributed by atoms with Crippen LogP contribution in [-0.2, 0) is 26.0 Å². The maximum absolute atomic E-state index is 11.9. The van der Waals surface area contributed by atoms with Gasteiger partial charge in [0.1, 0.15) is 15.6 Å². The summed E-state index contributed by atoms with van der Waals surface area (Å²) in [6.45, 7) is -0.0189. The van der Waals surface area contributed by atoms with Crippen LogP contribution in [0.15, 0.2) is 24.3 Å². The van der Waals surface area contributed by atoms with E-state index in [0.717, 1.165) is 11.8 Å². The van der Waals surface area contributed by atoms with Crippen LogP contribution in [0.3, 0.4) is 0 Å². The first-order valence-corrected chi connectivity index (χ1v) is 9.08. The number of sulfone groups is 1. The summed E-state index contributed by atoms with van der Waals surface area (Å²) in [5, 5.41) is 8.52. The number of carboxylic acid groups (broad SMARTS) is 1. The molecule has 0 radical (unpaired) electrons. The highest BCUT2D eigenvalue weighted by Crippen LogP contribution is 2.14. The van der Waals surface area contributed by atoms with Gasteiger partial charge in [0, 0.05) is 26.3 Å². The van der Waals surface area contributed by atoms with E-state index in [2.05, 4.69) is 0 Å². The van der Waals surface area contributed by atoms with Crippen LogP contribution < -0.4 is 4.74 Å². The van der Waals surface area contributed by atoms with Crippen molar-refractivity contribution in [3.8, 4) is 5.75 Å². The zero-order valence-corrected chi connectivity index (χ0v) is 14.0. The van der Waals surface area contributed by atoms with Crippen LogP contribution >= 0.6 is 0 Å². The molecule has 1 rings (SSSR count). The SMILES string of the molecule is CN(Cc1ccc(OCC(=O)O)cc1)C(=O)CCCS(C)(=O)=O. The predicted octanol–water partition coefficient (Wildman–Crippen LogP) is 0.933. The molecule has 0 bridgehead atoms. The number of hydrogen-bond acceptors (Lipinski definition) is 5. The highest BCUT2D eigenvalue weighted by atomic mass is 32.2. The van der Waals surface area contributed by atoms with Crippen molar-refractivity contribution in [1.29, 1.82) is 0 Å². The van der Waals surface area contributed by atoms with Crippen LogP contribution in [0.5, 0.6) is 5.75 Å². The average Bonchev–Trinajstić information content (AvgIpc) is 2.45. The third-order valence-electron chi connectivity index (χ3n) is 3.04. The highest BCUT2D eigenvalue weighted by Gasteiger charge is 2.11. The highest BCUT2D eigenvalue weighted by molar-refractivity contribution is 7.90. The molecule has 128 valence electrons. The molecular formula is C15H21NO6S. The van der Waals surface area contributed by atoms with Gasteiger partial charge < -0.3 is 14.7 Å². The number of carboxylic acids is 1. The van der Waals surface area contributed by atoms with Gasteiger partial charge in [-0.3, -0.25) is 4.79 Å². The van der Waals surface area contributed by atoms with E-state index in [1.165, 1.54) is 4.90 Å². The van der Waals surface area contributed by atoms with Gasteiger partial charge in [-0.25, -0.2) is 13.2 Å². The molecule has 0 heterocycles. The maximum atomic E-state index is 11.9. The Hall–Kier alpha value is -2.09. The Bertz CT molecular complexity index is 638. The Kier molecular flexibility index (Phi) is 7.02. The van der Waals surface area contributed by atoms with E-state index in [-0.39, 0.29) is 18.1 Å². The van der Waals surface area contributed by atoms with Crippen LogP contribution in [0, 0.1) is 0 Å². The molecule has 8 heteroatoms. The van der Waals surface area contributed by atoms with Gasteiger partial charge in [0.2, 0.25) is 5.91 Å². The van der Waals surface area contributed by atoms with Crippen molar-refractivity contribution < 1.29 is 27.9 Å². The zero-order valence-electron chi connectivity index (χ0n) is 13.2. The van der Waals surface area contributed by atoms with Gasteiger partial charge in [0.05, 0.1) is 5.75 Å². The molecule has 1 N–H and O–H groups in total. The summed E-state index contributed by atoms with van der Waals surface area (Å²) in [5.74, 6) is -0.728. The zero-order chi connectivity index (χ0) is 17.5. The maximum Gasteiger partial charge on any atom is 0.341 e. The molecule has 0 spiro atoms. The molecule has 0 saturated heterocycles. The lowest BCUT2D eigenvalue weighted by Crippen LogP contribution is -2.26. The summed E-state index contributed by atoms with van der Waals surface area (Å²) in [4.78, 5) is 23.8. The van der Waals surface area contributed by atoms with Crippen molar-refractivity contribution in [3.05, 3.63) is 29.8 Å². The van der Waals surface area contributed by atoms with Gasteiger partial charge in [-0.1, -0.05) is 12.1 Å². The fourth-order valence-corrected chi connectivity index (χ4v) is 2.54. The number of aliphatic carboxylic acids is 1. The van der Waals surface area contributed by atoms with Crippen molar-refractivity contribution in [2.75, 3.05) is 25.7 Å². The van der Waals surface area contributed by atoms with Gasteiger partial charge in [-0.2, -0.15) is 0 Å². The van der Waals surface area contributed by atoms with Gasteiger partial charge >= 0.3 is 5.97 Å². The summed E-state index contributed by atoms with van der Waals surface area (Å²) in [6, 6.07) is 6.77. The summed E-state index contributed by atoms with van der Waals surface area (Å²) < 4.78 is 27.1. The first-order chi connectivity index (χ1) is 10.7. The first kappa shape index (κ1) is 19.0. The quantitative estimate of drug-likeness (QED) is 0.716. The minimum atomic E-state index is -3.05. The van der Waals surface area contributed by atoms with Gasteiger partial charge in [0.15, 0.2) is 6.61 Å². The van der Waals surface area contributed by atoms with Crippen LogP contribution in [0.4, 0.5) is 0 Å². The lowest BCUT2D eigenvalue weighted by Gasteiger charge is -2.17. The molecule has 1 amide bonds. The molecule has 0 aliphatic carbocycles. The average molecular weight is 343 g/mol. The number of carbonyl (C=O) groups excluding carboxylic acids is 1. The molecule has 7 nitrogen and oxygen atoms in total. The van der Waals surface area contributed by atoms with Crippen LogP contribution in [0.1, 0.15) is 18.4 Å². The monoisotopic (exact) mass is 343 g/mol. The van der Waals surface area contributed by atoms with E-state index in [1.54, 1.807) is 31.3 Å². The lowest BCUT2D eigenvalue weighted by molar-refractivity contribution is -0.139. The number of rotatable bonds is 9. The number of hydrogen-bond donors (Lipinski definition) is 1. The molecule has 0 unspecified atom stereocenters. The largest absolute Gasteiger partial charge is 0.482 e. The second kappa shape index (κ2) is 8.52. The van der Waals surface area contributed by atoms with Crippen LogP contribution in [0.25, 0.3) is 0 Å². The number of carbonyl (C=O) groups is 2. The standard InChI is InChI=1S/C15H21NO6S/c1-16(14(17)4-3-9-23(2,20)21)10-12-5-7-13(8-6-12)22-11-15(18)19/h5-8H,3-4,9-11H2,1-2H3,(H,18,19). The normalized spacial score (nSPS) is 11.0. The molecule has 1 aromatic carbocycles. The fourth-order valence-electron chi connectivity index (χ4n) is 1.87. The number of amides is 1. The van der Waals surface area contributed by atoms with E-state index in [9.17, 15) is 18.0 Å². The molecule has 0 aromatic heterocycles. The summed E-state index contributed by atoms with van der Waals surface area (Å²) >= 11 is 0. The Labute approximate surface area is 135 Å². The van der Waals surface area contributed by atoms with Crippen LogP contribution in [0.2, 0.25) is 0 Å². The summed E-state index contributed by atoms with van der Waals surface area (Å²) in [6.07, 6.45) is 1.64. The van der Waals surface area contributed by atoms with E-state index in [4.69, 9.17) is 9.84 Å². The number of benzene rings is 1. The molecule has 0 aliphatic heterocycles. The summed E-state index contributed by atoms with van der Waals surface area (Å²) in [5.41, 5.74) is 0.867. The molecule has 0 fully saturated rings. The predicted molar refractivity (Wildman–Crippen MR) is 85.0 cm³/mol. The Morgan fingerprint density at radius 2 is 1.83 bits per heavy atom. The third kappa shape index (κ3) is 8.20. The Balaban J connectivity index is 2.45. The van der Waals surface area contributed by atoms with Crippen molar-refractivity contribution in [3.63, 3.8) is 0 Å². The van der Waals surface area contributed by atoms with E-state index < -0.39 is 22.4 Å². The lowest BCUT2D eigenvalue weighted by atomic mass is 10.2. The van der Waals surface area contributed by atoms with Gasteiger partial charge in [0.25, 0.3) is 0 Å². The number of nitrogens with zero attached hydrogens (tertiary/aromatic N) is 1. The van der Waals surface area contributed by atoms with Crippen molar-refractivity contribution >= 4 is 21.7 Å². The first-order valence-electron chi connectivity index (χ1n) is 7.02. The van der Waals surface area contributed by atoms with Crippen molar-refractivity contribution in [1.82, 2.24) is 4.90 Å². The Morgan fingerprint density at radius 1 is 1.22 bits per heavy atom. The molecule has 23 heavy (non-hydrogen) atoms. The van der Waals surface area contributed by atoms with Crippen LogP contribution in [-0.4, -0.2) is 56.0 Å². The van der Waals surface area contributed by atoms with E-state index in [1.807, 2.05) is 0 Å². The third-order valence-corrected chi connectivity index (χ3v) is 4.07. The van der Waals surface area contributed by atoms with E-state index in [0.29, 0.717) is 18.7 Å². The van der Waals surface area contributed by atoms with E-state index >= 15 is 0 Å². The molecule has 0 atom stereocenters. The molecule has 0 saturated carbocycles. The van der Waals surface area contributed by atoms with Gasteiger partial charge in [-0.15, -0.1) is 0 Å². The second-order valence-corrected chi connectivity index (χ2v) is 7.57. The summed E-state index contributed by atoms with van der Waals surface area (Å²) in [7, 11) is -1.40. The minimum absolute atomic E-state index is 0.00218. The topological polar surface area (TPSA) is 101 Å². The minimum Gasteiger partial charge on any atom is -0.482 e. The van der Waals surface area contributed by atoms with Crippen molar-refractivity contribution in [2.45, 2.75) is 19.4 Å². The molecule has 1 aromatic rings. The molecule has 0 aliphatic rings. The number of ether oxygens (including phenoxy) is 1. The fraction of sp³-hybridized carbons (Fsp3) is 0.467.